The molecule has 2 aliphatic heterocycles. The highest BCUT2D eigenvalue weighted by Crippen LogP contribution is 2.34. The third-order valence-electron chi connectivity index (χ3n) is 7.31. The molecule has 0 amide bonds. The van der Waals surface area contributed by atoms with E-state index in [1.54, 1.807) is 0 Å². The number of nitrogens with zero attached hydrogens (tertiary/aromatic N) is 4. The third-order valence-corrected chi connectivity index (χ3v) is 7.31. The van der Waals surface area contributed by atoms with Gasteiger partial charge in [-0.15, -0.1) is 0 Å². The fraction of sp³-hybridized carbons (Fsp3) is 0.429. The number of hydrogen-bond donors (Lipinski definition) is 2. The van der Waals surface area contributed by atoms with Gasteiger partial charge in [0, 0.05) is 97.7 Å². The zero-order valence-electron chi connectivity index (χ0n) is 20.7. The van der Waals surface area contributed by atoms with Gasteiger partial charge in [0.2, 0.25) is 0 Å². The van der Waals surface area contributed by atoms with Crippen LogP contribution in [-0.4, -0.2) is 98.6 Å². The van der Waals surface area contributed by atoms with Crippen molar-refractivity contribution in [2.45, 2.75) is 0 Å². The summed E-state index contributed by atoms with van der Waals surface area (Å²) >= 11 is 0. The molecule has 4 aromatic rings. The Kier molecular flexibility index (Phi) is 7.09. The molecule has 0 bridgehead atoms. The summed E-state index contributed by atoms with van der Waals surface area (Å²) in [6, 6.07) is 12.9. The number of rotatable bonds is 8. The molecule has 4 heterocycles. The summed E-state index contributed by atoms with van der Waals surface area (Å²) in [7, 11) is 0. The molecule has 2 aromatic heterocycles. The highest BCUT2D eigenvalue weighted by Gasteiger charge is 2.13. The number of aromatic nitrogens is 2. The lowest BCUT2D eigenvalue weighted by molar-refractivity contribution is 0.0398. The van der Waals surface area contributed by atoms with Gasteiger partial charge in [-0.25, -0.2) is 0 Å². The summed E-state index contributed by atoms with van der Waals surface area (Å²) in [5.41, 5.74) is 4.28. The van der Waals surface area contributed by atoms with E-state index in [-0.39, 0.29) is 0 Å². The van der Waals surface area contributed by atoms with Crippen LogP contribution in [0.5, 0.6) is 0 Å². The van der Waals surface area contributed by atoms with E-state index in [2.05, 4.69) is 56.8 Å². The third kappa shape index (κ3) is 4.95. The molecule has 0 atom stereocenters. The summed E-state index contributed by atoms with van der Waals surface area (Å²) in [6.07, 6.45) is 3.81. The Balaban J connectivity index is 1.23. The first-order valence-corrected chi connectivity index (χ1v) is 13.0. The fourth-order valence-corrected chi connectivity index (χ4v) is 5.29. The zero-order chi connectivity index (χ0) is 24.2. The van der Waals surface area contributed by atoms with Crippen molar-refractivity contribution in [3.05, 3.63) is 48.8 Å². The molecule has 0 saturated carbocycles. The lowest BCUT2D eigenvalue weighted by Crippen LogP contribution is -2.39. The van der Waals surface area contributed by atoms with E-state index < -0.39 is 0 Å². The first-order valence-electron chi connectivity index (χ1n) is 13.0. The standard InChI is InChI=1S/C28H34N6O2/c1-3-23-25(29-9-11-33-13-17-35-18-14-33)5-8-32-28(23)22-2-4-24-26(6-7-31-27(24)21(1)22)30-10-12-34-15-19-36-20-16-34/h1-8H,9-20H2,(H,30,31)(H,29,32). The Morgan fingerprint density at radius 1 is 0.583 bits per heavy atom. The number of pyridine rings is 2. The van der Waals surface area contributed by atoms with Gasteiger partial charge in [-0.1, -0.05) is 24.3 Å². The van der Waals surface area contributed by atoms with Crippen molar-refractivity contribution in [3.63, 3.8) is 0 Å². The van der Waals surface area contributed by atoms with Gasteiger partial charge >= 0.3 is 0 Å². The van der Waals surface area contributed by atoms with Crippen LogP contribution in [0.4, 0.5) is 11.4 Å². The van der Waals surface area contributed by atoms with Crippen LogP contribution in [0.15, 0.2) is 48.8 Å². The monoisotopic (exact) mass is 486 g/mol. The predicted octanol–water partition coefficient (Wildman–Crippen LogP) is 3.42. The Labute approximate surface area is 211 Å². The molecule has 36 heavy (non-hydrogen) atoms. The van der Waals surface area contributed by atoms with E-state index in [4.69, 9.17) is 19.4 Å². The maximum atomic E-state index is 5.46. The van der Waals surface area contributed by atoms with Gasteiger partial charge in [-0.3, -0.25) is 19.8 Å². The van der Waals surface area contributed by atoms with Crippen molar-refractivity contribution >= 4 is 44.0 Å². The largest absolute Gasteiger partial charge is 0.383 e. The summed E-state index contributed by atoms with van der Waals surface area (Å²) in [5, 5.41) is 11.8. The summed E-state index contributed by atoms with van der Waals surface area (Å²) in [6.45, 7) is 11.2. The fourth-order valence-electron chi connectivity index (χ4n) is 5.29. The van der Waals surface area contributed by atoms with Crippen LogP contribution < -0.4 is 10.6 Å². The van der Waals surface area contributed by atoms with Gasteiger partial charge < -0.3 is 20.1 Å². The van der Waals surface area contributed by atoms with E-state index in [1.165, 1.54) is 0 Å². The number of hydrogen-bond acceptors (Lipinski definition) is 8. The van der Waals surface area contributed by atoms with Gasteiger partial charge in [-0.2, -0.15) is 0 Å². The molecule has 0 radical (unpaired) electrons. The summed E-state index contributed by atoms with van der Waals surface area (Å²) in [4.78, 5) is 14.4. The number of anilines is 2. The molecule has 2 N–H and O–H groups in total. The zero-order valence-corrected chi connectivity index (χ0v) is 20.7. The van der Waals surface area contributed by atoms with Crippen molar-refractivity contribution in [2.24, 2.45) is 0 Å². The van der Waals surface area contributed by atoms with Crippen LogP contribution in [0.25, 0.3) is 32.6 Å². The average molecular weight is 487 g/mol. The van der Waals surface area contributed by atoms with Gasteiger partial charge in [0.05, 0.1) is 37.5 Å². The predicted molar refractivity (Wildman–Crippen MR) is 146 cm³/mol. The van der Waals surface area contributed by atoms with E-state index >= 15 is 0 Å². The molecule has 2 saturated heterocycles. The Hall–Kier alpha value is -3.04. The Bertz CT molecular complexity index is 1230. The number of benzene rings is 2. The molecule has 2 aromatic carbocycles. The maximum Gasteiger partial charge on any atom is 0.0801 e. The molecule has 2 aliphatic rings. The average Bonchev–Trinajstić information content (AvgIpc) is 2.94. The van der Waals surface area contributed by atoms with Crippen LogP contribution in [0, 0.1) is 0 Å². The van der Waals surface area contributed by atoms with Crippen LogP contribution in [0.3, 0.4) is 0 Å². The highest BCUT2D eigenvalue weighted by atomic mass is 16.5. The first kappa shape index (κ1) is 23.4. The highest BCUT2D eigenvalue weighted by molar-refractivity contribution is 6.18. The van der Waals surface area contributed by atoms with E-state index in [9.17, 15) is 0 Å². The van der Waals surface area contributed by atoms with Crippen molar-refractivity contribution in [3.8, 4) is 0 Å². The second-order valence-electron chi connectivity index (χ2n) is 9.50. The minimum atomic E-state index is 0.831. The van der Waals surface area contributed by atoms with Crippen LogP contribution in [-0.2, 0) is 9.47 Å². The minimum Gasteiger partial charge on any atom is -0.383 e. The second kappa shape index (κ2) is 10.9. The van der Waals surface area contributed by atoms with Gasteiger partial charge in [-0.05, 0) is 12.1 Å². The quantitative estimate of drug-likeness (QED) is 0.367. The van der Waals surface area contributed by atoms with Crippen molar-refractivity contribution < 1.29 is 9.47 Å². The van der Waals surface area contributed by atoms with Crippen LogP contribution in [0.1, 0.15) is 0 Å². The normalized spacial score (nSPS) is 17.7. The summed E-state index contributed by atoms with van der Waals surface area (Å²) < 4.78 is 10.9. The minimum absolute atomic E-state index is 0.831. The first-order chi connectivity index (χ1) is 17.9. The second-order valence-corrected chi connectivity index (χ2v) is 9.50. The van der Waals surface area contributed by atoms with Crippen molar-refractivity contribution in [2.75, 3.05) is 89.4 Å². The van der Waals surface area contributed by atoms with Crippen LogP contribution >= 0.6 is 0 Å². The number of ether oxygens (including phenoxy) is 2. The molecular formula is C28H34N6O2. The Morgan fingerprint density at radius 3 is 1.44 bits per heavy atom. The van der Waals surface area contributed by atoms with E-state index in [0.717, 1.165) is 123 Å². The van der Waals surface area contributed by atoms with Gasteiger partial charge in [0.15, 0.2) is 0 Å². The molecule has 0 unspecified atom stereocenters. The molecular weight excluding hydrogens is 452 g/mol. The molecule has 0 aliphatic carbocycles. The van der Waals surface area contributed by atoms with Crippen molar-refractivity contribution in [1.82, 2.24) is 19.8 Å². The van der Waals surface area contributed by atoms with Crippen LogP contribution in [0.2, 0.25) is 0 Å². The lowest BCUT2D eigenvalue weighted by Gasteiger charge is -2.26. The van der Waals surface area contributed by atoms with E-state index in [0.29, 0.717) is 0 Å². The Morgan fingerprint density at radius 2 is 1.00 bits per heavy atom. The number of nitrogens with one attached hydrogen (secondary N) is 2. The topological polar surface area (TPSA) is 74.8 Å². The summed E-state index contributed by atoms with van der Waals surface area (Å²) in [5.74, 6) is 0. The molecule has 188 valence electrons. The lowest BCUT2D eigenvalue weighted by atomic mass is 10.0. The SMILES string of the molecule is c1cc(NCCN2CCOCC2)c2ccc3c(ccc4c(NCCN5CCOCC5)ccnc43)c2n1. The molecule has 2 fully saturated rings. The molecule has 8 heteroatoms. The molecule has 6 rings (SSSR count). The smallest absolute Gasteiger partial charge is 0.0801 e. The van der Waals surface area contributed by atoms with Gasteiger partial charge in [0.25, 0.3) is 0 Å². The molecule has 0 spiro atoms. The number of morpholine rings is 2. The maximum absolute atomic E-state index is 5.46. The number of fused-ring (bicyclic) bond motifs is 5. The van der Waals surface area contributed by atoms with E-state index in [1.807, 2.05) is 12.4 Å². The van der Waals surface area contributed by atoms with Crippen molar-refractivity contribution in [1.29, 1.82) is 0 Å². The van der Waals surface area contributed by atoms with Gasteiger partial charge in [0.1, 0.15) is 0 Å². The molecule has 8 nitrogen and oxygen atoms in total.